The topological polar surface area (TPSA) is 56.2 Å². The molecule has 4 heteroatoms. The van der Waals surface area contributed by atoms with Gasteiger partial charge in [0.25, 0.3) is 0 Å². The number of aryl methyl sites for hydroxylation is 1. The van der Waals surface area contributed by atoms with Crippen LogP contribution < -0.4 is 5.73 Å². The van der Waals surface area contributed by atoms with E-state index in [4.69, 9.17) is 5.73 Å². The van der Waals surface area contributed by atoms with Gasteiger partial charge in [0.15, 0.2) is 5.65 Å². The van der Waals surface area contributed by atoms with E-state index in [0.29, 0.717) is 5.92 Å². The van der Waals surface area contributed by atoms with Crippen LogP contribution >= 0.6 is 0 Å². The van der Waals surface area contributed by atoms with E-state index in [9.17, 15) is 0 Å². The van der Waals surface area contributed by atoms with Gasteiger partial charge >= 0.3 is 0 Å². The molecule has 0 fully saturated rings. The van der Waals surface area contributed by atoms with Crippen molar-refractivity contribution < 1.29 is 0 Å². The van der Waals surface area contributed by atoms with Crippen LogP contribution in [0.4, 0.5) is 0 Å². The summed E-state index contributed by atoms with van der Waals surface area (Å²) in [5.74, 6) is 1.56. The van der Waals surface area contributed by atoms with E-state index in [1.807, 2.05) is 28.8 Å². The maximum Gasteiger partial charge on any atom is 0.160 e. The Morgan fingerprint density at radius 1 is 1.40 bits per heavy atom. The smallest absolute Gasteiger partial charge is 0.160 e. The molecule has 80 valence electrons. The summed E-state index contributed by atoms with van der Waals surface area (Å²) in [5.41, 5.74) is 6.49. The highest BCUT2D eigenvalue weighted by Crippen LogP contribution is 2.08. The van der Waals surface area contributed by atoms with Crippen molar-refractivity contribution in [3.8, 4) is 0 Å². The van der Waals surface area contributed by atoms with Crippen LogP contribution in [-0.4, -0.2) is 21.1 Å². The molecule has 0 aliphatic rings. The minimum atomic E-state index is 0.543. The minimum absolute atomic E-state index is 0.543. The van der Waals surface area contributed by atoms with Crippen molar-refractivity contribution in [1.29, 1.82) is 0 Å². The molecule has 4 nitrogen and oxygen atoms in total. The molecule has 0 radical (unpaired) electrons. The maximum atomic E-state index is 5.58. The molecule has 2 aromatic heterocycles. The second-order valence-corrected chi connectivity index (χ2v) is 3.92. The third kappa shape index (κ3) is 2.15. The molecule has 1 unspecified atom stereocenters. The molecule has 0 bridgehead atoms. The Morgan fingerprint density at radius 3 is 3.07 bits per heavy atom. The van der Waals surface area contributed by atoms with Gasteiger partial charge in [-0.05, 0) is 31.0 Å². The predicted octanol–water partition coefficient (Wildman–Crippen LogP) is 1.26. The number of rotatable bonds is 4. The van der Waals surface area contributed by atoms with E-state index in [1.54, 1.807) is 0 Å². The van der Waals surface area contributed by atoms with Gasteiger partial charge in [0, 0.05) is 12.6 Å². The van der Waals surface area contributed by atoms with Crippen LogP contribution in [0.2, 0.25) is 0 Å². The third-order valence-corrected chi connectivity index (χ3v) is 2.65. The fourth-order valence-electron chi connectivity index (χ4n) is 1.55. The van der Waals surface area contributed by atoms with Gasteiger partial charge in [0.2, 0.25) is 0 Å². The van der Waals surface area contributed by atoms with Crippen LogP contribution in [0.3, 0.4) is 0 Å². The van der Waals surface area contributed by atoms with Crippen molar-refractivity contribution in [2.75, 3.05) is 6.54 Å². The first-order chi connectivity index (χ1) is 7.31. The van der Waals surface area contributed by atoms with E-state index in [2.05, 4.69) is 17.1 Å². The zero-order chi connectivity index (χ0) is 10.7. The molecule has 2 heterocycles. The van der Waals surface area contributed by atoms with Gasteiger partial charge in [-0.3, -0.25) is 4.40 Å². The highest BCUT2D eigenvalue weighted by molar-refractivity contribution is 5.36. The molecule has 0 aromatic carbocycles. The van der Waals surface area contributed by atoms with Crippen molar-refractivity contribution in [1.82, 2.24) is 14.6 Å². The molecule has 15 heavy (non-hydrogen) atoms. The summed E-state index contributed by atoms with van der Waals surface area (Å²) < 4.78 is 2.03. The molecule has 0 amide bonds. The normalized spacial score (nSPS) is 13.2. The van der Waals surface area contributed by atoms with Crippen LogP contribution in [0, 0.1) is 5.92 Å². The number of hydrogen-bond acceptors (Lipinski definition) is 3. The molecule has 0 spiro atoms. The summed E-state index contributed by atoms with van der Waals surface area (Å²) >= 11 is 0. The Kier molecular flexibility index (Phi) is 2.97. The zero-order valence-electron chi connectivity index (χ0n) is 8.93. The first-order valence-corrected chi connectivity index (χ1v) is 5.30. The van der Waals surface area contributed by atoms with E-state index in [1.165, 1.54) is 0 Å². The lowest BCUT2D eigenvalue weighted by molar-refractivity contribution is 0.534. The summed E-state index contributed by atoms with van der Waals surface area (Å²) in [5, 5.41) is 8.28. The lowest BCUT2D eigenvalue weighted by Crippen LogP contribution is -2.12. The van der Waals surface area contributed by atoms with Gasteiger partial charge in [-0.25, -0.2) is 0 Å². The monoisotopic (exact) mass is 204 g/mol. The number of hydrogen-bond donors (Lipinski definition) is 1. The van der Waals surface area contributed by atoms with Crippen molar-refractivity contribution >= 4 is 5.65 Å². The van der Waals surface area contributed by atoms with E-state index in [-0.39, 0.29) is 0 Å². The largest absolute Gasteiger partial charge is 0.330 e. The van der Waals surface area contributed by atoms with Crippen molar-refractivity contribution in [3.05, 3.63) is 30.2 Å². The first kappa shape index (κ1) is 10.1. The van der Waals surface area contributed by atoms with Gasteiger partial charge in [-0.2, -0.15) is 0 Å². The van der Waals surface area contributed by atoms with Crippen molar-refractivity contribution in [2.24, 2.45) is 11.7 Å². The molecule has 1 atom stereocenters. The van der Waals surface area contributed by atoms with Crippen molar-refractivity contribution in [3.63, 3.8) is 0 Å². The lowest BCUT2D eigenvalue weighted by Gasteiger charge is -2.06. The lowest BCUT2D eigenvalue weighted by atomic mass is 10.1. The fraction of sp³-hybridized carbons (Fsp3) is 0.455. The predicted molar refractivity (Wildman–Crippen MR) is 59.5 cm³/mol. The summed E-state index contributed by atoms with van der Waals surface area (Å²) in [6, 6.07) is 5.92. The summed E-state index contributed by atoms with van der Waals surface area (Å²) in [7, 11) is 0. The van der Waals surface area contributed by atoms with E-state index < -0.39 is 0 Å². The number of nitrogens with zero attached hydrogens (tertiary/aromatic N) is 3. The van der Waals surface area contributed by atoms with Crippen LogP contribution in [-0.2, 0) is 6.42 Å². The SMILES string of the molecule is CC(CN)CCc1nnc2ccccn12. The molecule has 0 saturated heterocycles. The highest BCUT2D eigenvalue weighted by Gasteiger charge is 2.06. The number of pyridine rings is 1. The van der Waals surface area contributed by atoms with Gasteiger partial charge in [0.1, 0.15) is 5.82 Å². The summed E-state index contributed by atoms with van der Waals surface area (Å²) in [6.07, 6.45) is 3.99. The molecule has 2 rings (SSSR count). The quantitative estimate of drug-likeness (QED) is 0.815. The molecular formula is C11H16N4. The Bertz CT molecular complexity index is 435. The maximum absolute atomic E-state index is 5.58. The molecular weight excluding hydrogens is 188 g/mol. The third-order valence-electron chi connectivity index (χ3n) is 2.65. The van der Waals surface area contributed by atoms with Crippen LogP contribution in [0.5, 0.6) is 0 Å². The Hall–Kier alpha value is -1.42. The molecule has 2 aromatic rings. The first-order valence-electron chi connectivity index (χ1n) is 5.30. The zero-order valence-corrected chi connectivity index (χ0v) is 8.93. The second kappa shape index (κ2) is 4.40. The van der Waals surface area contributed by atoms with E-state index in [0.717, 1.165) is 30.9 Å². The molecule has 0 aliphatic heterocycles. The molecule has 0 aliphatic carbocycles. The second-order valence-electron chi connectivity index (χ2n) is 3.92. The number of nitrogens with two attached hydrogens (primary N) is 1. The van der Waals surface area contributed by atoms with Gasteiger partial charge in [0.05, 0.1) is 0 Å². The Labute approximate surface area is 89.1 Å². The van der Waals surface area contributed by atoms with Gasteiger partial charge < -0.3 is 5.73 Å². The van der Waals surface area contributed by atoms with E-state index >= 15 is 0 Å². The van der Waals surface area contributed by atoms with Crippen LogP contribution in [0.25, 0.3) is 5.65 Å². The fourth-order valence-corrected chi connectivity index (χ4v) is 1.55. The van der Waals surface area contributed by atoms with Gasteiger partial charge in [-0.15, -0.1) is 10.2 Å². The number of aromatic nitrogens is 3. The average molecular weight is 204 g/mol. The summed E-state index contributed by atoms with van der Waals surface area (Å²) in [4.78, 5) is 0. The van der Waals surface area contributed by atoms with Crippen LogP contribution in [0.15, 0.2) is 24.4 Å². The highest BCUT2D eigenvalue weighted by atomic mass is 15.2. The molecule has 2 N–H and O–H groups in total. The Balaban J connectivity index is 2.14. The standard InChI is InChI=1S/C11H16N4/c1-9(8-12)5-6-11-14-13-10-4-2-3-7-15(10)11/h2-4,7,9H,5-6,8,12H2,1H3. The van der Waals surface area contributed by atoms with Crippen LogP contribution in [0.1, 0.15) is 19.2 Å². The van der Waals surface area contributed by atoms with Gasteiger partial charge in [-0.1, -0.05) is 13.0 Å². The van der Waals surface area contributed by atoms with Crippen molar-refractivity contribution in [2.45, 2.75) is 19.8 Å². The summed E-state index contributed by atoms with van der Waals surface area (Å²) in [6.45, 7) is 2.89. The minimum Gasteiger partial charge on any atom is -0.330 e. The average Bonchev–Trinajstić information content (AvgIpc) is 2.69. The Morgan fingerprint density at radius 2 is 2.27 bits per heavy atom. The number of fused-ring (bicyclic) bond motifs is 1. The molecule has 0 saturated carbocycles.